The molecule has 1 unspecified atom stereocenters. The summed E-state index contributed by atoms with van der Waals surface area (Å²) in [6.07, 6.45) is 4.15. The van der Waals surface area contributed by atoms with E-state index in [0.717, 1.165) is 12.8 Å². The maximum absolute atomic E-state index is 9.00. The second-order valence-corrected chi connectivity index (χ2v) is 3.99. The Morgan fingerprint density at radius 3 is 1.88 bits per heavy atom. The third kappa shape index (κ3) is 16.0. The van der Waals surface area contributed by atoms with E-state index in [2.05, 4.69) is 20.8 Å². The van der Waals surface area contributed by atoms with Crippen LogP contribution in [0.4, 0.5) is 0 Å². The fourth-order valence-electron chi connectivity index (χ4n) is 1.54. The smallest absolute Gasteiger partial charge is 0.481 e. The molecule has 0 aromatic carbocycles. The van der Waals surface area contributed by atoms with Gasteiger partial charge in [-0.15, -0.1) is 6.42 Å². The minimum atomic E-state index is -0.833. The average molecular weight is 279 g/mol. The van der Waals surface area contributed by atoms with Crippen LogP contribution in [0.2, 0.25) is 0 Å². The molecular weight excluding hydrogens is 256 g/mol. The third-order valence-electron chi connectivity index (χ3n) is 2.33. The van der Waals surface area contributed by atoms with Gasteiger partial charge < -0.3 is 24.1 Å². The van der Waals surface area contributed by atoms with Gasteiger partial charge in [-0.1, -0.05) is 0 Å². The Hall–Kier alpha value is 1.99. The monoisotopic (exact) mass is 279 g/mol. The summed E-state index contributed by atoms with van der Waals surface area (Å²) in [5, 5.41) is 9.00. The summed E-state index contributed by atoms with van der Waals surface area (Å²) in [6, 6.07) is 0. The topological polar surface area (TPSA) is 44.5 Å². The Morgan fingerprint density at radius 1 is 1.38 bits per heavy atom. The van der Waals surface area contributed by atoms with Crippen molar-refractivity contribution in [2.45, 2.75) is 47.0 Å². The summed E-state index contributed by atoms with van der Waals surface area (Å²) in [6.45, 7) is 7.87. The molecule has 1 rings (SSSR count). The van der Waals surface area contributed by atoms with Crippen LogP contribution in [0.3, 0.4) is 0 Å². The number of rotatable bonds is 1. The first-order valence-corrected chi connectivity index (χ1v) is 4.74. The molecule has 2 nitrogen and oxygen atoms in total. The van der Waals surface area contributed by atoms with Gasteiger partial charge in [-0.2, -0.15) is 33.1 Å². The molecule has 0 radical (unpaired) electrons. The molecule has 1 aliphatic rings. The molecule has 16 heavy (non-hydrogen) atoms. The second-order valence-electron chi connectivity index (χ2n) is 3.99. The molecule has 1 atom stereocenters. The molecule has 0 spiro atoms. The van der Waals surface area contributed by atoms with E-state index in [-0.39, 0.29) is 82.9 Å². The van der Waals surface area contributed by atoms with Crippen LogP contribution in [0.25, 0.3) is 0 Å². The number of carbonyl (C=O) groups excluding carboxylic acids is 1. The summed E-state index contributed by atoms with van der Waals surface area (Å²) in [5.74, 6) is 3.40. The zero-order valence-electron chi connectivity index (χ0n) is 11.5. The Balaban J connectivity index is -0.0000000921. The predicted molar refractivity (Wildman–Crippen MR) is 71.4 cm³/mol. The Kier molecular flexibility index (Phi) is 25.0. The van der Waals surface area contributed by atoms with Crippen LogP contribution in [-0.4, -0.2) is 86.2 Å². The first-order valence-electron chi connectivity index (χ1n) is 4.74. The standard InChI is InChI=1S/C9H16.C2H4O2.CH3.2Ca/c1-7(2)9-5-4-8(3)6-9;1-2(3)4;;;/h9H,4-6H2,1-3H3;1H3,(H,3,4);1H3;;/q-2;;-1;2*+2. The van der Waals surface area contributed by atoms with Gasteiger partial charge in [0.15, 0.2) is 0 Å². The number of hydrogen-bond donors (Lipinski definition) is 0. The largest absolute Gasteiger partial charge is 2.00 e. The van der Waals surface area contributed by atoms with Gasteiger partial charge in [0, 0.05) is 6.92 Å². The second kappa shape index (κ2) is 15.0. The van der Waals surface area contributed by atoms with E-state index in [1.807, 2.05) is 0 Å². The van der Waals surface area contributed by atoms with Crippen LogP contribution >= 0.6 is 0 Å². The van der Waals surface area contributed by atoms with E-state index < -0.39 is 5.97 Å². The van der Waals surface area contributed by atoms with Crippen LogP contribution in [0.5, 0.6) is 0 Å². The van der Waals surface area contributed by atoms with Gasteiger partial charge in [0.1, 0.15) is 0 Å². The summed E-state index contributed by atoms with van der Waals surface area (Å²) >= 11 is 0. The van der Waals surface area contributed by atoms with E-state index >= 15 is 0 Å². The van der Waals surface area contributed by atoms with E-state index in [1.165, 1.54) is 19.3 Å². The zero-order chi connectivity index (χ0) is 10.4. The molecule has 0 aromatic rings. The fraction of sp³-hybridized carbons (Fsp3) is 0.667. The predicted octanol–water partition coefficient (Wildman–Crippen LogP) is 1.42. The molecule has 0 aromatic heterocycles. The SMILES string of the molecule is CC([O-])=[OH+].C[C-]1CCC([C-](C)C)C1.[CH3-].[Ca+2].[Ca+2]. The van der Waals surface area contributed by atoms with Gasteiger partial charge in [0.05, 0.1) is 0 Å². The van der Waals surface area contributed by atoms with Crippen molar-refractivity contribution in [2.75, 3.05) is 0 Å². The number of hydrogen-bond acceptors (Lipinski definition) is 1. The number of aliphatic carboxylic acids is 1. The minimum absolute atomic E-state index is 0. The molecule has 0 amide bonds. The number of carboxylic acid groups (broad SMARTS) is 1. The number of carboxylic acids is 1. The molecule has 1 N–H and O–H groups in total. The minimum Gasteiger partial charge on any atom is -0.481 e. The van der Waals surface area contributed by atoms with Gasteiger partial charge in [0.2, 0.25) is 0 Å². The summed E-state index contributed by atoms with van der Waals surface area (Å²) < 4.78 is 0. The van der Waals surface area contributed by atoms with Crippen molar-refractivity contribution in [3.05, 3.63) is 19.3 Å². The molecule has 1 fully saturated rings. The molecule has 0 bridgehead atoms. The fourth-order valence-corrected chi connectivity index (χ4v) is 1.54. The summed E-state index contributed by atoms with van der Waals surface area (Å²) in [7, 11) is 0. The van der Waals surface area contributed by atoms with Gasteiger partial charge in [-0.05, 0) is 0 Å². The van der Waals surface area contributed by atoms with E-state index in [1.54, 1.807) is 11.8 Å². The Bertz CT molecular complexity index is 157. The molecule has 1 aliphatic carbocycles. The van der Waals surface area contributed by atoms with Gasteiger partial charge in [-0.25, -0.2) is 6.42 Å². The van der Waals surface area contributed by atoms with Gasteiger partial charge >= 0.3 is 75.5 Å². The quantitative estimate of drug-likeness (QED) is 0.407. The maximum Gasteiger partial charge on any atom is 2.00 e. The third-order valence-corrected chi connectivity index (χ3v) is 2.33. The van der Waals surface area contributed by atoms with E-state index in [0.29, 0.717) is 0 Å². The van der Waals surface area contributed by atoms with Crippen LogP contribution in [0.15, 0.2) is 0 Å². The molecular formula is C12H23Ca2O2+. The van der Waals surface area contributed by atoms with Crippen molar-refractivity contribution in [1.82, 2.24) is 0 Å². The molecule has 0 aliphatic heterocycles. The van der Waals surface area contributed by atoms with Crippen LogP contribution < -0.4 is 5.11 Å². The van der Waals surface area contributed by atoms with Crippen molar-refractivity contribution >= 4 is 81.4 Å². The van der Waals surface area contributed by atoms with Crippen molar-refractivity contribution in [2.24, 2.45) is 5.92 Å². The Morgan fingerprint density at radius 2 is 1.75 bits per heavy atom. The van der Waals surface area contributed by atoms with Crippen LogP contribution in [0, 0.1) is 25.2 Å². The zero-order valence-corrected chi connectivity index (χ0v) is 15.9. The average Bonchev–Trinajstić information content (AvgIpc) is 2.34. The molecule has 0 heterocycles. The van der Waals surface area contributed by atoms with Crippen molar-refractivity contribution in [1.29, 1.82) is 0 Å². The molecule has 86 valence electrons. The van der Waals surface area contributed by atoms with E-state index in [9.17, 15) is 0 Å². The first kappa shape index (κ1) is 26.5. The summed E-state index contributed by atoms with van der Waals surface area (Å²) in [5.41, 5.74) is 0. The van der Waals surface area contributed by atoms with Crippen molar-refractivity contribution < 1.29 is 9.90 Å². The molecule has 4 heteroatoms. The summed E-state index contributed by atoms with van der Waals surface area (Å²) in [4.78, 5) is 7.42. The van der Waals surface area contributed by atoms with Gasteiger partial charge in [0.25, 0.3) is 5.97 Å². The van der Waals surface area contributed by atoms with Crippen molar-refractivity contribution in [3.8, 4) is 0 Å². The Labute approximate surface area is 161 Å². The first-order chi connectivity index (χ1) is 5.93. The molecule has 0 saturated heterocycles. The van der Waals surface area contributed by atoms with Gasteiger partial charge in [-0.3, -0.25) is 5.11 Å². The normalized spacial score (nSPS) is 18.4. The molecule has 1 saturated carbocycles. The van der Waals surface area contributed by atoms with Crippen LogP contribution in [0.1, 0.15) is 47.0 Å². The van der Waals surface area contributed by atoms with E-state index in [4.69, 9.17) is 9.90 Å². The maximum atomic E-state index is 9.00. The van der Waals surface area contributed by atoms with Crippen LogP contribution in [-0.2, 0) is 0 Å². The van der Waals surface area contributed by atoms with Crippen molar-refractivity contribution in [3.63, 3.8) is 0 Å².